The van der Waals surface area contributed by atoms with E-state index in [1.54, 1.807) is 11.3 Å². The summed E-state index contributed by atoms with van der Waals surface area (Å²) in [5, 5.41) is 0. The highest BCUT2D eigenvalue weighted by Crippen LogP contribution is 2.46. The summed E-state index contributed by atoms with van der Waals surface area (Å²) in [7, 11) is 0. The first-order valence-corrected chi connectivity index (χ1v) is 23.6. The minimum Gasteiger partial charge on any atom is -0.370 e. The lowest BCUT2D eigenvalue weighted by molar-refractivity contribution is -0.119. The number of halogens is 3. The fraction of sp³-hybridized carbons (Fsp3) is 0.435. The number of anilines is 2. The number of carbonyl (C=O) groups excluding carboxylic acids is 1. The van der Waals surface area contributed by atoms with E-state index in [0.29, 0.717) is 24.8 Å². The summed E-state index contributed by atoms with van der Waals surface area (Å²) >= 11 is 10.8. The van der Waals surface area contributed by atoms with E-state index in [4.69, 9.17) is 32.2 Å². The Morgan fingerprint density at radius 2 is 1.03 bits per heavy atom. The number of benzene rings is 2. The molecule has 0 aliphatic carbocycles. The van der Waals surface area contributed by atoms with Crippen LogP contribution in [-0.2, 0) is 4.79 Å². The number of amides is 1. The average Bonchev–Trinajstić information content (AvgIpc) is 3.66. The van der Waals surface area contributed by atoms with E-state index in [0.717, 1.165) is 99.8 Å². The maximum absolute atomic E-state index is 11.3. The van der Waals surface area contributed by atoms with Crippen LogP contribution in [0.5, 0.6) is 0 Å². The lowest BCUT2D eigenvalue weighted by Crippen LogP contribution is -2.35. The topological polar surface area (TPSA) is 105 Å². The van der Waals surface area contributed by atoms with Crippen LogP contribution < -0.4 is 15.5 Å². The second-order valence-electron chi connectivity index (χ2n) is 16.3. The van der Waals surface area contributed by atoms with Crippen molar-refractivity contribution < 1.29 is 4.79 Å². The van der Waals surface area contributed by atoms with Gasteiger partial charge in [0.05, 0.1) is 20.4 Å². The van der Waals surface area contributed by atoms with Crippen LogP contribution in [0.2, 0.25) is 0 Å². The van der Waals surface area contributed by atoms with Gasteiger partial charge in [0.2, 0.25) is 12.5 Å². The quantitative estimate of drug-likeness (QED) is 0.159. The molecule has 2 N–H and O–H groups in total. The molecule has 0 saturated carbocycles. The van der Waals surface area contributed by atoms with E-state index in [1.807, 2.05) is 25.2 Å². The Morgan fingerprint density at radius 1 is 0.667 bits per heavy atom. The molecular formula is C46H53Br2ClN8OS2. The SMILES string of the molecule is Cc1nc(N2CCC(CC(N)=O)CC2)c2sc(C)c(-c3c(C)cc(Br)cc3C)c2n1.Cl.[C-]#[N+]CC1CCN(c2nc(C)nc3c(-c4c(C)cc(Br)cc4C)c(C)sc23)CC1. The van der Waals surface area contributed by atoms with E-state index in [1.165, 1.54) is 59.0 Å². The molecule has 6 aromatic rings. The second kappa shape index (κ2) is 19.2. The number of rotatable bonds is 7. The first kappa shape index (κ1) is 45.8. The van der Waals surface area contributed by atoms with Crippen molar-refractivity contribution in [3.63, 3.8) is 0 Å². The van der Waals surface area contributed by atoms with Crippen LogP contribution >= 0.6 is 66.9 Å². The minimum absolute atomic E-state index is 0. The number of primary amides is 1. The van der Waals surface area contributed by atoms with Gasteiger partial charge in [-0.2, -0.15) is 0 Å². The second-order valence-corrected chi connectivity index (χ2v) is 20.6. The number of piperidine rings is 2. The predicted molar refractivity (Wildman–Crippen MR) is 261 cm³/mol. The normalized spacial score (nSPS) is 14.9. The van der Waals surface area contributed by atoms with Crippen molar-refractivity contribution >= 4 is 105 Å². The molecule has 1 amide bonds. The molecule has 2 saturated heterocycles. The van der Waals surface area contributed by atoms with Crippen molar-refractivity contribution in [3.05, 3.63) is 88.3 Å². The highest BCUT2D eigenvalue weighted by atomic mass is 79.9. The molecule has 0 bridgehead atoms. The van der Waals surface area contributed by atoms with Gasteiger partial charge in [0.15, 0.2) is 0 Å². The van der Waals surface area contributed by atoms with Gasteiger partial charge in [-0.05, 0) is 145 Å². The lowest BCUT2D eigenvalue weighted by atomic mass is 9.93. The molecule has 8 rings (SSSR count). The van der Waals surface area contributed by atoms with Gasteiger partial charge in [0, 0.05) is 68.3 Å². The Morgan fingerprint density at radius 3 is 1.38 bits per heavy atom. The van der Waals surface area contributed by atoms with Gasteiger partial charge >= 0.3 is 0 Å². The van der Waals surface area contributed by atoms with Crippen LogP contribution in [0, 0.1) is 73.8 Å². The summed E-state index contributed by atoms with van der Waals surface area (Å²) in [6, 6.07) is 8.71. The molecule has 60 heavy (non-hydrogen) atoms. The molecule has 2 aliphatic heterocycles. The Hall–Kier alpha value is -3.67. The van der Waals surface area contributed by atoms with Gasteiger partial charge < -0.3 is 20.4 Å². The number of hydrogen-bond donors (Lipinski definition) is 1. The maximum atomic E-state index is 11.3. The molecular weight excluding hydrogens is 940 g/mol. The third kappa shape index (κ3) is 9.53. The zero-order valence-electron chi connectivity index (χ0n) is 35.6. The molecule has 0 spiro atoms. The summed E-state index contributed by atoms with van der Waals surface area (Å²) in [5.41, 5.74) is 17.6. The summed E-state index contributed by atoms with van der Waals surface area (Å²) in [4.78, 5) is 41.7. The number of nitrogens with zero attached hydrogens (tertiary/aromatic N) is 7. The van der Waals surface area contributed by atoms with Gasteiger partial charge in [0.1, 0.15) is 23.3 Å². The van der Waals surface area contributed by atoms with Gasteiger partial charge in [-0.15, -0.1) is 35.1 Å². The Kier molecular flexibility index (Phi) is 14.6. The number of aryl methyl sites for hydroxylation is 8. The number of aromatic nitrogens is 4. The molecule has 9 nitrogen and oxygen atoms in total. The summed E-state index contributed by atoms with van der Waals surface area (Å²) < 4.78 is 4.56. The highest BCUT2D eigenvalue weighted by Gasteiger charge is 2.28. The van der Waals surface area contributed by atoms with Crippen LogP contribution in [0.15, 0.2) is 33.2 Å². The van der Waals surface area contributed by atoms with Crippen LogP contribution in [0.4, 0.5) is 11.6 Å². The molecule has 14 heteroatoms. The molecule has 2 aromatic carbocycles. The molecule has 6 heterocycles. The minimum atomic E-state index is -0.201. The summed E-state index contributed by atoms with van der Waals surface area (Å²) in [5.74, 6) is 4.42. The van der Waals surface area contributed by atoms with Crippen LogP contribution in [-0.4, -0.2) is 58.6 Å². The summed E-state index contributed by atoms with van der Waals surface area (Å²) in [6.45, 7) is 28.5. The first-order chi connectivity index (χ1) is 28.1. The van der Waals surface area contributed by atoms with Crippen molar-refractivity contribution in [1.29, 1.82) is 0 Å². The van der Waals surface area contributed by atoms with Crippen LogP contribution in [0.1, 0.15) is 75.8 Å². The van der Waals surface area contributed by atoms with Crippen molar-refractivity contribution in [1.82, 2.24) is 19.9 Å². The number of thiophene rings is 2. The zero-order valence-corrected chi connectivity index (χ0v) is 41.3. The van der Waals surface area contributed by atoms with E-state index in [2.05, 4.69) is 112 Å². The van der Waals surface area contributed by atoms with Crippen molar-refractivity contribution in [2.75, 3.05) is 42.5 Å². The van der Waals surface area contributed by atoms with Crippen molar-refractivity contribution in [2.24, 2.45) is 17.6 Å². The smallest absolute Gasteiger partial charge is 0.217 e. The Bertz CT molecular complexity index is 2570. The number of fused-ring (bicyclic) bond motifs is 2. The highest BCUT2D eigenvalue weighted by molar-refractivity contribution is 9.10. The molecule has 2 aliphatic rings. The zero-order chi connectivity index (χ0) is 42.3. The molecule has 2 fully saturated rings. The predicted octanol–water partition coefficient (Wildman–Crippen LogP) is 12.4. The van der Waals surface area contributed by atoms with E-state index < -0.39 is 0 Å². The van der Waals surface area contributed by atoms with E-state index in [-0.39, 0.29) is 18.3 Å². The van der Waals surface area contributed by atoms with Crippen molar-refractivity contribution in [3.8, 4) is 22.3 Å². The Balaban J connectivity index is 0.000000198. The molecule has 0 unspecified atom stereocenters. The number of nitrogens with two attached hydrogens (primary N) is 1. The third-order valence-electron chi connectivity index (χ3n) is 11.8. The number of carbonyl (C=O) groups is 1. The largest absolute Gasteiger partial charge is 0.370 e. The lowest BCUT2D eigenvalue weighted by Gasteiger charge is -2.32. The van der Waals surface area contributed by atoms with E-state index in [9.17, 15) is 4.79 Å². The Labute approximate surface area is 385 Å². The first-order valence-electron chi connectivity index (χ1n) is 20.3. The standard InChI is InChI=1S/C23H27BrN4OS.C23H25BrN4S.ClH/c1-12-9-17(24)10-13(2)19(12)20-14(3)30-22-21(20)26-15(4)27-23(22)28-7-5-16(6-8-28)11-18(25)29;1-13-10-18(24)11-14(2)19(13)20-15(3)29-22-21(20)26-16(4)27-23(22)28-8-6-17(7-9-28)12-25-5;/h9-10,16H,5-8,11H2,1-4H3,(H2,25,29);10-11,17H,6-9,12H2,1-4H3;1H. The van der Waals surface area contributed by atoms with Crippen LogP contribution in [0.25, 0.3) is 47.5 Å². The fourth-order valence-electron chi connectivity index (χ4n) is 9.08. The van der Waals surface area contributed by atoms with Gasteiger partial charge in [0.25, 0.3) is 0 Å². The van der Waals surface area contributed by atoms with Crippen molar-refractivity contribution in [2.45, 2.75) is 87.5 Å². The van der Waals surface area contributed by atoms with Gasteiger partial charge in [-0.3, -0.25) is 4.79 Å². The van der Waals surface area contributed by atoms with Crippen LogP contribution in [0.3, 0.4) is 0 Å². The van der Waals surface area contributed by atoms with E-state index >= 15 is 0 Å². The van der Waals surface area contributed by atoms with Gasteiger partial charge in [-0.1, -0.05) is 31.9 Å². The maximum Gasteiger partial charge on any atom is 0.217 e. The molecule has 4 aromatic heterocycles. The van der Waals surface area contributed by atoms with Gasteiger partial charge in [-0.25, -0.2) is 26.5 Å². The molecule has 316 valence electrons. The molecule has 0 radical (unpaired) electrons. The number of hydrogen-bond acceptors (Lipinski definition) is 9. The average molecular weight is 993 g/mol. The monoisotopic (exact) mass is 990 g/mol. The fourth-order valence-corrected chi connectivity index (χ4v) is 12.7. The molecule has 0 atom stereocenters. The third-order valence-corrected chi connectivity index (χ3v) is 14.9. The summed E-state index contributed by atoms with van der Waals surface area (Å²) in [6.07, 6.45) is 4.55.